The number of halogens is 2. The zero-order valence-corrected chi connectivity index (χ0v) is 10.4. The molecule has 0 unspecified atom stereocenters. The first kappa shape index (κ1) is 11.9. The van der Waals surface area contributed by atoms with Crippen molar-refractivity contribution in [1.82, 2.24) is 0 Å². The maximum atomic E-state index is 13.8. The Morgan fingerprint density at radius 1 is 1.06 bits per heavy atom. The van der Waals surface area contributed by atoms with E-state index in [2.05, 4.69) is 0 Å². The molecule has 2 aliphatic carbocycles. The van der Waals surface area contributed by atoms with Crippen LogP contribution in [0.15, 0.2) is 12.1 Å². The fraction of sp³-hybridized carbons (Fsp3) is 0.600. The highest BCUT2D eigenvalue weighted by molar-refractivity contribution is 5.34. The Morgan fingerprint density at radius 2 is 1.83 bits per heavy atom. The molecule has 1 nitrogen and oxygen atoms in total. The summed E-state index contributed by atoms with van der Waals surface area (Å²) in [6.07, 6.45) is 6.69. The van der Waals surface area contributed by atoms with Crippen LogP contribution in [0.2, 0.25) is 0 Å². The van der Waals surface area contributed by atoms with Gasteiger partial charge < -0.3 is 4.74 Å². The molecular formula is C15H18F2O. The SMILES string of the molecule is Fc1c(OCCC2CCC2)ccc(C2CC2)c1F. The molecule has 98 valence electrons. The lowest BCUT2D eigenvalue weighted by Crippen LogP contribution is -2.15. The number of rotatable bonds is 5. The van der Waals surface area contributed by atoms with E-state index in [1.807, 2.05) is 0 Å². The Kier molecular flexibility index (Phi) is 3.23. The smallest absolute Gasteiger partial charge is 0.200 e. The Bertz CT molecular complexity index is 436. The lowest BCUT2D eigenvalue weighted by molar-refractivity contribution is 0.215. The van der Waals surface area contributed by atoms with Crippen LogP contribution in [-0.2, 0) is 0 Å². The fourth-order valence-electron chi connectivity index (χ4n) is 2.48. The van der Waals surface area contributed by atoms with E-state index in [0.29, 0.717) is 12.2 Å². The molecule has 1 aromatic rings. The van der Waals surface area contributed by atoms with Crippen LogP contribution in [-0.4, -0.2) is 6.61 Å². The van der Waals surface area contributed by atoms with Crippen LogP contribution in [0.5, 0.6) is 5.75 Å². The first-order valence-corrected chi connectivity index (χ1v) is 6.86. The van der Waals surface area contributed by atoms with Gasteiger partial charge in [-0.25, -0.2) is 4.39 Å². The summed E-state index contributed by atoms with van der Waals surface area (Å²) >= 11 is 0. The van der Waals surface area contributed by atoms with E-state index in [0.717, 1.165) is 25.2 Å². The highest BCUT2D eigenvalue weighted by Crippen LogP contribution is 2.42. The van der Waals surface area contributed by atoms with Crippen molar-refractivity contribution >= 4 is 0 Å². The van der Waals surface area contributed by atoms with Gasteiger partial charge in [0.05, 0.1) is 6.61 Å². The lowest BCUT2D eigenvalue weighted by atomic mass is 9.83. The number of ether oxygens (including phenoxy) is 1. The van der Waals surface area contributed by atoms with Gasteiger partial charge in [0.15, 0.2) is 11.6 Å². The summed E-state index contributed by atoms with van der Waals surface area (Å²) in [6, 6.07) is 3.25. The van der Waals surface area contributed by atoms with E-state index in [9.17, 15) is 8.78 Å². The van der Waals surface area contributed by atoms with Crippen LogP contribution >= 0.6 is 0 Å². The van der Waals surface area contributed by atoms with Gasteiger partial charge in [0, 0.05) is 0 Å². The third-order valence-electron chi connectivity index (χ3n) is 4.10. The van der Waals surface area contributed by atoms with Crippen molar-refractivity contribution in [1.29, 1.82) is 0 Å². The molecular weight excluding hydrogens is 234 g/mol. The van der Waals surface area contributed by atoms with Crippen LogP contribution in [0.1, 0.15) is 50.0 Å². The molecule has 0 heterocycles. The predicted octanol–water partition coefficient (Wildman–Crippen LogP) is 4.41. The number of hydrogen-bond acceptors (Lipinski definition) is 1. The topological polar surface area (TPSA) is 9.23 Å². The molecule has 2 saturated carbocycles. The molecule has 0 aliphatic heterocycles. The Hall–Kier alpha value is -1.12. The summed E-state index contributed by atoms with van der Waals surface area (Å²) in [5, 5.41) is 0. The monoisotopic (exact) mass is 252 g/mol. The van der Waals surface area contributed by atoms with E-state index in [1.54, 1.807) is 12.1 Å². The second-order valence-corrected chi connectivity index (χ2v) is 5.49. The van der Waals surface area contributed by atoms with Crippen LogP contribution < -0.4 is 4.74 Å². The van der Waals surface area contributed by atoms with Gasteiger partial charge in [0.1, 0.15) is 0 Å². The van der Waals surface area contributed by atoms with E-state index in [-0.39, 0.29) is 11.7 Å². The first-order chi connectivity index (χ1) is 8.75. The van der Waals surface area contributed by atoms with Crippen molar-refractivity contribution in [2.24, 2.45) is 5.92 Å². The Labute approximate surface area is 106 Å². The second-order valence-electron chi connectivity index (χ2n) is 5.49. The number of benzene rings is 1. The first-order valence-electron chi connectivity index (χ1n) is 6.86. The standard InChI is InChI=1S/C15H18F2O/c16-14-12(11-4-5-11)6-7-13(15(14)17)18-9-8-10-2-1-3-10/h6-7,10-11H,1-5,8-9H2. The minimum atomic E-state index is -0.812. The summed E-state index contributed by atoms with van der Waals surface area (Å²) in [6.45, 7) is 0.490. The molecule has 3 rings (SSSR count). The predicted molar refractivity (Wildman–Crippen MR) is 65.8 cm³/mol. The van der Waals surface area contributed by atoms with Gasteiger partial charge in [-0.2, -0.15) is 4.39 Å². The Morgan fingerprint density at radius 3 is 2.44 bits per heavy atom. The maximum absolute atomic E-state index is 13.8. The summed E-state index contributed by atoms with van der Waals surface area (Å²) in [7, 11) is 0. The van der Waals surface area contributed by atoms with Gasteiger partial charge in [0.2, 0.25) is 5.82 Å². The van der Waals surface area contributed by atoms with Crippen LogP contribution in [0.4, 0.5) is 8.78 Å². The Balaban J connectivity index is 1.62. The zero-order chi connectivity index (χ0) is 12.5. The third-order valence-corrected chi connectivity index (χ3v) is 4.10. The molecule has 3 heteroatoms. The van der Waals surface area contributed by atoms with Gasteiger partial charge >= 0.3 is 0 Å². The van der Waals surface area contributed by atoms with Crippen molar-refractivity contribution in [3.05, 3.63) is 29.3 Å². The molecule has 0 amide bonds. The van der Waals surface area contributed by atoms with Crippen LogP contribution in [0, 0.1) is 17.6 Å². The molecule has 2 aliphatic rings. The minimum Gasteiger partial charge on any atom is -0.490 e. The molecule has 0 radical (unpaired) electrons. The lowest BCUT2D eigenvalue weighted by Gasteiger charge is -2.25. The van der Waals surface area contributed by atoms with Gasteiger partial charge in [0.25, 0.3) is 0 Å². The van der Waals surface area contributed by atoms with Gasteiger partial charge in [-0.05, 0) is 42.7 Å². The normalized spacial score (nSPS) is 19.7. The second kappa shape index (κ2) is 4.87. The maximum Gasteiger partial charge on any atom is 0.200 e. The minimum absolute atomic E-state index is 0.0659. The van der Waals surface area contributed by atoms with Crippen molar-refractivity contribution in [3.63, 3.8) is 0 Å². The molecule has 0 atom stereocenters. The molecule has 18 heavy (non-hydrogen) atoms. The largest absolute Gasteiger partial charge is 0.490 e. The van der Waals surface area contributed by atoms with E-state index in [4.69, 9.17) is 4.74 Å². The van der Waals surface area contributed by atoms with Crippen molar-refractivity contribution in [2.75, 3.05) is 6.61 Å². The number of hydrogen-bond donors (Lipinski definition) is 0. The zero-order valence-electron chi connectivity index (χ0n) is 10.4. The van der Waals surface area contributed by atoms with Crippen LogP contribution in [0.25, 0.3) is 0 Å². The molecule has 0 saturated heterocycles. The molecule has 0 spiro atoms. The fourth-order valence-corrected chi connectivity index (χ4v) is 2.48. The van der Waals surface area contributed by atoms with Gasteiger partial charge in [-0.15, -0.1) is 0 Å². The van der Waals surface area contributed by atoms with E-state index in [1.165, 1.54) is 19.3 Å². The third kappa shape index (κ3) is 2.36. The van der Waals surface area contributed by atoms with E-state index >= 15 is 0 Å². The molecule has 0 aromatic heterocycles. The summed E-state index contributed by atoms with van der Waals surface area (Å²) in [4.78, 5) is 0. The van der Waals surface area contributed by atoms with Gasteiger partial charge in [-0.3, -0.25) is 0 Å². The van der Waals surface area contributed by atoms with Crippen LogP contribution in [0.3, 0.4) is 0 Å². The van der Waals surface area contributed by atoms with Gasteiger partial charge in [-0.1, -0.05) is 25.3 Å². The van der Waals surface area contributed by atoms with Crippen molar-refractivity contribution in [2.45, 2.75) is 44.4 Å². The highest BCUT2D eigenvalue weighted by atomic mass is 19.2. The summed E-state index contributed by atoms with van der Waals surface area (Å²) in [5.41, 5.74) is 0.513. The van der Waals surface area contributed by atoms with E-state index < -0.39 is 11.6 Å². The average Bonchev–Trinajstić information content (AvgIpc) is 3.11. The quantitative estimate of drug-likeness (QED) is 0.754. The van der Waals surface area contributed by atoms with Crippen molar-refractivity contribution < 1.29 is 13.5 Å². The van der Waals surface area contributed by atoms with Crippen molar-refractivity contribution in [3.8, 4) is 5.75 Å². The summed E-state index contributed by atoms with van der Waals surface area (Å²) in [5.74, 6) is -0.505. The average molecular weight is 252 g/mol. The highest BCUT2D eigenvalue weighted by Gasteiger charge is 2.29. The molecule has 0 N–H and O–H groups in total. The molecule has 2 fully saturated rings. The summed E-state index contributed by atoms with van der Waals surface area (Å²) < 4.78 is 32.9. The molecule has 1 aromatic carbocycles. The molecule has 0 bridgehead atoms.